The number of methoxy groups -OCH3 is 2. The lowest BCUT2D eigenvalue weighted by molar-refractivity contribution is 0.354. The molecule has 21 heavy (non-hydrogen) atoms. The highest BCUT2D eigenvalue weighted by Crippen LogP contribution is 2.27. The molecule has 0 bridgehead atoms. The van der Waals surface area contributed by atoms with E-state index in [1.807, 2.05) is 37.3 Å². The van der Waals surface area contributed by atoms with E-state index < -0.39 is 0 Å². The van der Waals surface area contributed by atoms with Crippen molar-refractivity contribution in [2.45, 2.75) is 13.3 Å². The summed E-state index contributed by atoms with van der Waals surface area (Å²) in [4.78, 5) is 0. The molecule has 112 valence electrons. The predicted molar refractivity (Wildman–Crippen MR) is 87.3 cm³/mol. The molecule has 2 aromatic rings. The Morgan fingerprint density at radius 3 is 2.43 bits per heavy atom. The van der Waals surface area contributed by atoms with Crippen molar-refractivity contribution in [2.24, 2.45) is 0 Å². The van der Waals surface area contributed by atoms with Crippen LogP contribution in [-0.4, -0.2) is 20.8 Å². The molecule has 0 aliphatic heterocycles. The lowest BCUT2D eigenvalue weighted by Crippen LogP contribution is -2.05. The van der Waals surface area contributed by atoms with Crippen LogP contribution in [0.1, 0.15) is 11.1 Å². The van der Waals surface area contributed by atoms with Crippen molar-refractivity contribution < 1.29 is 9.47 Å². The van der Waals surface area contributed by atoms with E-state index in [1.54, 1.807) is 14.2 Å². The van der Waals surface area contributed by atoms with Gasteiger partial charge >= 0.3 is 0 Å². The highest BCUT2D eigenvalue weighted by Gasteiger charge is 2.04. The lowest BCUT2D eigenvalue weighted by atomic mass is 10.1. The van der Waals surface area contributed by atoms with Crippen LogP contribution in [0.3, 0.4) is 0 Å². The molecule has 0 fully saturated rings. The minimum absolute atomic E-state index is 0.751. The number of rotatable bonds is 6. The molecule has 0 spiro atoms. The minimum atomic E-state index is 0.751. The summed E-state index contributed by atoms with van der Waals surface area (Å²) < 4.78 is 10.5. The number of nitrogens with one attached hydrogen (secondary N) is 1. The van der Waals surface area contributed by atoms with Crippen LogP contribution in [0.15, 0.2) is 36.4 Å². The molecular formula is C17H22N2O2. The van der Waals surface area contributed by atoms with Gasteiger partial charge in [-0.15, -0.1) is 0 Å². The maximum absolute atomic E-state index is 5.84. The molecule has 4 nitrogen and oxygen atoms in total. The summed E-state index contributed by atoms with van der Waals surface area (Å²) in [6.07, 6.45) is 0.897. The van der Waals surface area contributed by atoms with E-state index in [2.05, 4.69) is 11.4 Å². The molecule has 2 rings (SSSR count). The van der Waals surface area contributed by atoms with Gasteiger partial charge in [0.2, 0.25) is 0 Å². The molecule has 0 atom stereocenters. The number of benzene rings is 2. The second-order valence-corrected chi connectivity index (χ2v) is 5.00. The molecule has 4 heteroatoms. The van der Waals surface area contributed by atoms with Gasteiger partial charge in [0, 0.05) is 17.9 Å². The first-order valence-electron chi connectivity index (χ1n) is 6.94. The molecule has 0 saturated carbocycles. The normalized spacial score (nSPS) is 10.2. The molecular weight excluding hydrogens is 264 g/mol. The van der Waals surface area contributed by atoms with Gasteiger partial charge in [-0.25, -0.2) is 0 Å². The highest BCUT2D eigenvalue weighted by molar-refractivity contribution is 5.56. The van der Waals surface area contributed by atoms with Gasteiger partial charge in [-0.2, -0.15) is 0 Å². The van der Waals surface area contributed by atoms with Gasteiger partial charge in [-0.05, 0) is 54.8 Å². The summed E-state index contributed by atoms with van der Waals surface area (Å²) in [5.74, 6) is 1.51. The monoisotopic (exact) mass is 286 g/mol. The van der Waals surface area contributed by atoms with Gasteiger partial charge in [0.1, 0.15) is 0 Å². The number of anilines is 2. The first-order valence-corrected chi connectivity index (χ1v) is 6.94. The summed E-state index contributed by atoms with van der Waals surface area (Å²) in [6, 6.07) is 12.0. The molecule has 2 aromatic carbocycles. The summed E-state index contributed by atoms with van der Waals surface area (Å²) in [5.41, 5.74) is 10.0. The van der Waals surface area contributed by atoms with Gasteiger partial charge in [0.15, 0.2) is 11.5 Å². The topological polar surface area (TPSA) is 56.5 Å². The highest BCUT2D eigenvalue weighted by atomic mass is 16.5. The van der Waals surface area contributed by atoms with Gasteiger partial charge < -0.3 is 20.5 Å². The maximum atomic E-state index is 5.84. The molecule has 0 unspecified atom stereocenters. The molecule has 3 N–H and O–H groups in total. The van der Waals surface area contributed by atoms with Crippen LogP contribution in [0.2, 0.25) is 0 Å². The third kappa shape index (κ3) is 4.05. The summed E-state index contributed by atoms with van der Waals surface area (Å²) >= 11 is 0. The zero-order valence-corrected chi connectivity index (χ0v) is 12.8. The van der Waals surface area contributed by atoms with E-state index in [9.17, 15) is 0 Å². The van der Waals surface area contributed by atoms with Crippen LogP contribution >= 0.6 is 0 Å². The maximum Gasteiger partial charge on any atom is 0.160 e. The standard InChI is InChI=1S/C17H22N2O2/c1-12-8-14(18)11-15(9-12)19-7-6-13-4-5-16(20-2)17(10-13)21-3/h4-5,8-11,19H,6-7,18H2,1-3H3. The Labute approximate surface area is 125 Å². The van der Waals surface area contributed by atoms with Crippen LogP contribution in [0.5, 0.6) is 11.5 Å². The fourth-order valence-corrected chi connectivity index (χ4v) is 2.30. The van der Waals surface area contributed by atoms with Crippen LogP contribution < -0.4 is 20.5 Å². The zero-order valence-electron chi connectivity index (χ0n) is 12.8. The summed E-state index contributed by atoms with van der Waals surface area (Å²) in [5, 5.41) is 3.39. The van der Waals surface area contributed by atoms with Crippen molar-refractivity contribution >= 4 is 11.4 Å². The van der Waals surface area contributed by atoms with Crippen LogP contribution in [0.4, 0.5) is 11.4 Å². The lowest BCUT2D eigenvalue weighted by Gasteiger charge is -2.11. The van der Waals surface area contributed by atoms with E-state index >= 15 is 0 Å². The van der Waals surface area contributed by atoms with Gasteiger partial charge in [0.05, 0.1) is 14.2 Å². The van der Waals surface area contributed by atoms with Crippen molar-refractivity contribution in [1.82, 2.24) is 0 Å². The van der Waals surface area contributed by atoms with E-state index in [4.69, 9.17) is 15.2 Å². The van der Waals surface area contributed by atoms with Crippen molar-refractivity contribution in [3.05, 3.63) is 47.5 Å². The molecule has 0 heterocycles. The second kappa shape index (κ2) is 6.88. The van der Waals surface area contributed by atoms with E-state index in [1.165, 1.54) is 5.56 Å². The quantitative estimate of drug-likeness (QED) is 0.800. The average Bonchev–Trinajstić information content (AvgIpc) is 2.46. The minimum Gasteiger partial charge on any atom is -0.493 e. The molecule has 0 radical (unpaired) electrons. The number of hydrogen-bond acceptors (Lipinski definition) is 4. The van der Waals surface area contributed by atoms with E-state index in [0.717, 1.165) is 41.4 Å². The number of ether oxygens (including phenoxy) is 2. The summed E-state index contributed by atoms with van der Waals surface area (Å²) in [7, 11) is 3.29. The van der Waals surface area contributed by atoms with Gasteiger partial charge in [-0.3, -0.25) is 0 Å². The molecule has 0 amide bonds. The van der Waals surface area contributed by atoms with Gasteiger partial charge in [-0.1, -0.05) is 6.07 Å². The SMILES string of the molecule is COc1ccc(CCNc2cc(C)cc(N)c2)cc1OC. The van der Waals surface area contributed by atoms with Crippen molar-refractivity contribution in [3.8, 4) is 11.5 Å². The Morgan fingerprint density at radius 2 is 1.76 bits per heavy atom. The number of nitrogens with two attached hydrogens (primary N) is 1. The smallest absolute Gasteiger partial charge is 0.160 e. The first-order chi connectivity index (χ1) is 10.1. The summed E-state index contributed by atoms with van der Waals surface area (Å²) in [6.45, 7) is 2.87. The Hall–Kier alpha value is -2.36. The molecule has 0 aliphatic rings. The average molecular weight is 286 g/mol. The van der Waals surface area contributed by atoms with E-state index in [0.29, 0.717) is 0 Å². The Bertz CT molecular complexity index is 591. The third-order valence-electron chi connectivity index (χ3n) is 3.29. The van der Waals surface area contributed by atoms with Crippen LogP contribution in [0, 0.1) is 6.92 Å². The van der Waals surface area contributed by atoms with Crippen LogP contribution in [-0.2, 0) is 6.42 Å². The third-order valence-corrected chi connectivity index (χ3v) is 3.29. The van der Waals surface area contributed by atoms with E-state index in [-0.39, 0.29) is 0 Å². The predicted octanol–water partition coefficient (Wildman–Crippen LogP) is 3.25. The Kier molecular flexibility index (Phi) is 4.93. The zero-order chi connectivity index (χ0) is 15.2. The number of nitrogen functional groups attached to an aromatic ring is 1. The fraction of sp³-hybridized carbons (Fsp3) is 0.294. The van der Waals surface area contributed by atoms with Crippen molar-refractivity contribution in [3.63, 3.8) is 0 Å². The molecule has 0 aliphatic carbocycles. The molecule has 0 saturated heterocycles. The first kappa shape index (κ1) is 15.0. The second-order valence-electron chi connectivity index (χ2n) is 5.00. The number of hydrogen-bond donors (Lipinski definition) is 2. The Balaban J connectivity index is 1.97. The fourth-order valence-electron chi connectivity index (χ4n) is 2.30. The Morgan fingerprint density at radius 1 is 1.00 bits per heavy atom. The van der Waals surface area contributed by atoms with Crippen LogP contribution in [0.25, 0.3) is 0 Å². The number of aryl methyl sites for hydroxylation is 1. The van der Waals surface area contributed by atoms with Gasteiger partial charge in [0.25, 0.3) is 0 Å². The largest absolute Gasteiger partial charge is 0.493 e. The van der Waals surface area contributed by atoms with Crippen molar-refractivity contribution in [1.29, 1.82) is 0 Å². The molecule has 0 aromatic heterocycles. The van der Waals surface area contributed by atoms with Crippen molar-refractivity contribution in [2.75, 3.05) is 31.8 Å².